The molecule has 27 heavy (non-hydrogen) atoms. The predicted octanol–water partition coefficient (Wildman–Crippen LogP) is 2.98. The molecule has 4 rings (SSSR count). The van der Waals surface area contributed by atoms with Gasteiger partial charge >= 0.3 is 0 Å². The van der Waals surface area contributed by atoms with Gasteiger partial charge in [0.1, 0.15) is 12.4 Å². The highest BCUT2D eigenvalue weighted by atomic mass is 19.3. The summed E-state index contributed by atoms with van der Waals surface area (Å²) in [4.78, 5) is 6.23. The number of halogens is 3. The Morgan fingerprint density at radius 2 is 1.93 bits per heavy atom. The number of aromatic nitrogens is 4. The van der Waals surface area contributed by atoms with Crippen molar-refractivity contribution in [2.24, 2.45) is 7.05 Å². The zero-order valence-electron chi connectivity index (χ0n) is 15.1. The van der Waals surface area contributed by atoms with Crippen molar-refractivity contribution in [3.05, 3.63) is 35.2 Å². The summed E-state index contributed by atoms with van der Waals surface area (Å²) in [5.41, 5.74) is 0.118. The van der Waals surface area contributed by atoms with Crippen molar-refractivity contribution in [3.63, 3.8) is 0 Å². The molecule has 0 radical (unpaired) electrons. The van der Waals surface area contributed by atoms with Crippen LogP contribution in [0.3, 0.4) is 0 Å². The van der Waals surface area contributed by atoms with E-state index in [-0.39, 0.29) is 25.0 Å². The second-order valence-electron chi connectivity index (χ2n) is 7.38. The van der Waals surface area contributed by atoms with Gasteiger partial charge in [-0.15, -0.1) is 10.2 Å². The summed E-state index contributed by atoms with van der Waals surface area (Å²) >= 11 is 0. The van der Waals surface area contributed by atoms with E-state index >= 15 is 4.39 Å². The van der Waals surface area contributed by atoms with Crippen LogP contribution in [0.5, 0.6) is 0 Å². The molecule has 0 bridgehead atoms. The molecule has 1 atom stereocenters. The quantitative estimate of drug-likeness (QED) is 0.824. The number of aryl methyl sites for hydroxylation is 2. The van der Waals surface area contributed by atoms with Gasteiger partial charge in [0.2, 0.25) is 0 Å². The summed E-state index contributed by atoms with van der Waals surface area (Å²) in [5.74, 6) is -3.35. The molecule has 2 aromatic heterocycles. The third-order valence-corrected chi connectivity index (χ3v) is 5.47. The van der Waals surface area contributed by atoms with E-state index in [1.807, 2.05) is 4.90 Å². The van der Waals surface area contributed by atoms with Crippen LogP contribution in [-0.2, 0) is 12.7 Å². The molecule has 1 unspecified atom stereocenters. The highest BCUT2D eigenvalue weighted by Gasteiger charge is 2.58. The van der Waals surface area contributed by atoms with E-state index in [1.165, 1.54) is 12.4 Å². The molecule has 1 aliphatic carbocycles. The monoisotopic (exact) mass is 376 g/mol. The Bertz CT molecular complexity index is 924. The maximum atomic E-state index is 15.3. The van der Waals surface area contributed by atoms with Crippen molar-refractivity contribution >= 4 is 5.69 Å². The zero-order chi connectivity index (χ0) is 19.4. The summed E-state index contributed by atoms with van der Waals surface area (Å²) in [5, 5.41) is 17.2. The molecule has 0 N–H and O–H groups in total. The zero-order valence-corrected chi connectivity index (χ0v) is 15.1. The molecular weight excluding hydrogens is 357 g/mol. The third-order valence-electron chi connectivity index (χ3n) is 5.47. The highest BCUT2D eigenvalue weighted by molar-refractivity contribution is 5.63. The minimum Gasteiger partial charge on any atom is -0.369 e. The van der Waals surface area contributed by atoms with Gasteiger partial charge in [0.25, 0.3) is 5.92 Å². The molecule has 1 saturated carbocycles. The second kappa shape index (κ2) is 5.94. The van der Waals surface area contributed by atoms with E-state index < -0.39 is 17.5 Å². The van der Waals surface area contributed by atoms with Crippen LogP contribution < -0.4 is 4.90 Å². The van der Waals surface area contributed by atoms with Crippen LogP contribution in [0.1, 0.15) is 48.0 Å². The molecule has 0 amide bonds. The molecule has 3 heterocycles. The minimum atomic E-state index is -2.73. The Hall–Kier alpha value is -2.63. The predicted molar refractivity (Wildman–Crippen MR) is 91.2 cm³/mol. The van der Waals surface area contributed by atoms with E-state index in [0.29, 0.717) is 35.9 Å². The van der Waals surface area contributed by atoms with Gasteiger partial charge in [-0.25, -0.2) is 13.2 Å². The number of rotatable bonds is 3. The fourth-order valence-corrected chi connectivity index (χ4v) is 3.88. The molecule has 1 saturated heterocycles. The molecule has 6 nitrogen and oxygen atoms in total. The van der Waals surface area contributed by atoms with E-state index in [1.54, 1.807) is 18.5 Å². The first-order valence-corrected chi connectivity index (χ1v) is 8.83. The number of nitrogens with zero attached hydrogens (tertiary/aromatic N) is 6. The van der Waals surface area contributed by atoms with E-state index in [2.05, 4.69) is 21.3 Å². The van der Waals surface area contributed by atoms with Crippen molar-refractivity contribution < 1.29 is 13.2 Å². The lowest BCUT2D eigenvalue weighted by molar-refractivity contribution is 0.109. The first-order chi connectivity index (χ1) is 12.7. The fraction of sp³-hybridized carbons (Fsp3) is 0.556. The third kappa shape index (κ3) is 2.93. The van der Waals surface area contributed by atoms with Crippen LogP contribution in [0.4, 0.5) is 18.9 Å². The molecule has 142 valence electrons. The molecule has 0 aromatic carbocycles. The van der Waals surface area contributed by atoms with Crippen LogP contribution in [0.2, 0.25) is 0 Å². The Morgan fingerprint density at radius 3 is 2.44 bits per heavy atom. The average molecular weight is 376 g/mol. The van der Waals surface area contributed by atoms with Gasteiger partial charge in [0, 0.05) is 39.4 Å². The molecule has 9 heteroatoms. The smallest absolute Gasteiger partial charge is 0.257 e. The standard InChI is InChI=1S/C18H19F3N6/c1-11-15(12(9-22)7-14(24-11)13-8-18(13,20)21)27-5-3-17(19,4-6-27)16-25-23-10-26(16)2/h7,10,13H,3-6,8H2,1-2H3. The number of hydrogen-bond acceptors (Lipinski definition) is 5. The first-order valence-electron chi connectivity index (χ1n) is 8.83. The lowest BCUT2D eigenvalue weighted by Crippen LogP contribution is -2.42. The van der Waals surface area contributed by atoms with Crippen molar-refractivity contribution in [3.8, 4) is 6.07 Å². The van der Waals surface area contributed by atoms with Gasteiger partial charge in [-0.05, 0) is 13.0 Å². The number of piperidine rings is 1. The number of alkyl halides is 3. The topological polar surface area (TPSA) is 70.6 Å². The molecular formula is C18H19F3N6. The lowest BCUT2D eigenvalue weighted by Gasteiger charge is -2.37. The summed E-state index contributed by atoms with van der Waals surface area (Å²) in [7, 11) is 1.71. The van der Waals surface area contributed by atoms with Crippen LogP contribution in [-0.4, -0.2) is 38.8 Å². The maximum absolute atomic E-state index is 15.3. The Labute approximate surface area is 154 Å². The SMILES string of the molecule is Cc1nc(C2CC2(F)F)cc(C#N)c1N1CCC(F)(c2nncn2C)CC1. The molecule has 0 spiro atoms. The minimum absolute atomic E-state index is 0.201. The first kappa shape index (κ1) is 17.8. The van der Waals surface area contributed by atoms with Crippen LogP contribution in [0.15, 0.2) is 12.4 Å². The van der Waals surface area contributed by atoms with Gasteiger partial charge in [0.05, 0.1) is 28.6 Å². The van der Waals surface area contributed by atoms with Gasteiger partial charge < -0.3 is 9.47 Å². The number of pyridine rings is 1. The number of anilines is 1. The molecule has 1 aliphatic heterocycles. The number of hydrogen-bond donors (Lipinski definition) is 0. The summed E-state index contributed by atoms with van der Waals surface area (Å²) in [6.07, 6.45) is 1.64. The van der Waals surface area contributed by atoms with Crippen LogP contribution in [0.25, 0.3) is 0 Å². The van der Waals surface area contributed by atoms with Crippen molar-refractivity contribution in [1.29, 1.82) is 5.26 Å². The van der Waals surface area contributed by atoms with Crippen LogP contribution >= 0.6 is 0 Å². The van der Waals surface area contributed by atoms with Crippen LogP contribution in [0, 0.1) is 18.3 Å². The molecule has 2 aromatic rings. The Kier molecular flexibility index (Phi) is 3.91. The molecule has 2 aliphatic rings. The maximum Gasteiger partial charge on any atom is 0.257 e. The summed E-state index contributed by atoms with van der Waals surface area (Å²) in [6.45, 7) is 2.46. The van der Waals surface area contributed by atoms with Gasteiger partial charge in [0.15, 0.2) is 11.5 Å². The fourth-order valence-electron chi connectivity index (χ4n) is 3.88. The second-order valence-corrected chi connectivity index (χ2v) is 7.38. The largest absolute Gasteiger partial charge is 0.369 e. The van der Waals surface area contributed by atoms with E-state index in [0.717, 1.165) is 0 Å². The normalized spacial score (nSPS) is 23.1. The van der Waals surface area contributed by atoms with Gasteiger partial charge in [-0.3, -0.25) is 4.98 Å². The van der Waals surface area contributed by atoms with E-state index in [9.17, 15) is 14.0 Å². The Morgan fingerprint density at radius 1 is 1.26 bits per heavy atom. The Balaban J connectivity index is 1.58. The summed E-state index contributed by atoms with van der Waals surface area (Å²) in [6, 6.07) is 3.55. The van der Waals surface area contributed by atoms with Gasteiger partial charge in [-0.1, -0.05) is 0 Å². The average Bonchev–Trinajstić information content (AvgIpc) is 3.04. The van der Waals surface area contributed by atoms with Crippen molar-refractivity contribution in [1.82, 2.24) is 19.7 Å². The van der Waals surface area contributed by atoms with Crippen molar-refractivity contribution in [2.45, 2.75) is 43.7 Å². The highest BCUT2D eigenvalue weighted by Crippen LogP contribution is 2.55. The van der Waals surface area contributed by atoms with Crippen molar-refractivity contribution in [2.75, 3.05) is 18.0 Å². The molecule has 2 fully saturated rings. The van der Waals surface area contributed by atoms with E-state index in [4.69, 9.17) is 0 Å². The number of nitriles is 1. The summed E-state index contributed by atoms with van der Waals surface area (Å²) < 4.78 is 43.6. The lowest BCUT2D eigenvalue weighted by atomic mass is 9.91. The van der Waals surface area contributed by atoms with Gasteiger partial charge in [-0.2, -0.15) is 5.26 Å².